The molecule has 124 valence electrons. The van der Waals surface area contributed by atoms with Gasteiger partial charge in [0, 0.05) is 12.6 Å². The lowest BCUT2D eigenvalue weighted by Gasteiger charge is -2.26. The topological polar surface area (TPSA) is 80.8 Å². The number of sulfonamides is 1. The zero-order valence-corrected chi connectivity index (χ0v) is 14.6. The highest BCUT2D eigenvalue weighted by Crippen LogP contribution is 2.27. The monoisotopic (exact) mass is 347 g/mol. The van der Waals surface area contributed by atoms with E-state index in [1.807, 2.05) is 0 Å². The smallest absolute Gasteiger partial charge is 0.243 e. The fraction of sp³-hybridized carbons (Fsp3) is 0.571. The molecule has 1 fully saturated rings. The van der Waals surface area contributed by atoms with E-state index in [9.17, 15) is 16.8 Å². The van der Waals surface area contributed by atoms with Crippen LogP contribution in [-0.2, 0) is 19.9 Å². The van der Waals surface area contributed by atoms with E-state index in [0.717, 1.165) is 5.56 Å². The Kier molecular flexibility index (Phi) is 4.84. The summed E-state index contributed by atoms with van der Waals surface area (Å²) in [6.07, 6.45) is 0.352. The fourth-order valence-corrected chi connectivity index (χ4v) is 6.35. The third-order valence-corrected chi connectivity index (χ3v) is 7.67. The number of hydrogen-bond donors (Lipinski definition) is 0. The molecule has 0 radical (unpaired) electrons. The van der Waals surface area contributed by atoms with Crippen molar-refractivity contribution in [3.8, 4) is 5.75 Å². The number of sulfone groups is 1. The van der Waals surface area contributed by atoms with Crippen LogP contribution in [0, 0.1) is 6.92 Å². The maximum Gasteiger partial charge on any atom is 0.243 e. The van der Waals surface area contributed by atoms with Crippen molar-refractivity contribution in [2.45, 2.75) is 31.2 Å². The van der Waals surface area contributed by atoms with Gasteiger partial charge in [0.05, 0.1) is 23.5 Å². The molecule has 1 heterocycles. The third-order valence-electron chi connectivity index (χ3n) is 3.90. The predicted octanol–water partition coefficient (Wildman–Crippen LogP) is 1.20. The molecular formula is C14H21NO5S2. The molecule has 0 amide bonds. The maximum absolute atomic E-state index is 12.8. The maximum atomic E-state index is 12.8. The van der Waals surface area contributed by atoms with Crippen molar-refractivity contribution < 1.29 is 21.6 Å². The van der Waals surface area contributed by atoms with E-state index in [-0.39, 0.29) is 22.9 Å². The Labute approximate surface area is 132 Å². The van der Waals surface area contributed by atoms with Crippen LogP contribution in [0.15, 0.2) is 23.1 Å². The van der Waals surface area contributed by atoms with Gasteiger partial charge in [-0.2, -0.15) is 4.31 Å². The second-order valence-corrected chi connectivity index (χ2v) is 9.52. The molecule has 1 saturated heterocycles. The summed E-state index contributed by atoms with van der Waals surface area (Å²) in [5.41, 5.74) is 0.721. The lowest BCUT2D eigenvalue weighted by atomic mass is 10.2. The minimum absolute atomic E-state index is 0.0470. The molecule has 0 bridgehead atoms. The average Bonchev–Trinajstić information content (AvgIpc) is 2.79. The third kappa shape index (κ3) is 3.28. The Balaban J connectivity index is 2.37. The van der Waals surface area contributed by atoms with Crippen LogP contribution in [0.3, 0.4) is 0 Å². The summed E-state index contributed by atoms with van der Waals surface area (Å²) in [5.74, 6) is 0.561. The van der Waals surface area contributed by atoms with Crippen molar-refractivity contribution in [3.05, 3.63) is 23.8 Å². The fourth-order valence-electron chi connectivity index (χ4n) is 2.77. The van der Waals surface area contributed by atoms with Crippen LogP contribution in [0.5, 0.6) is 5.75 Å². The van der Waals surface area contributed by atoms with Gasteiger partial charge in [0.25, 0.3) is 0 Å². The molecule has 1 atom stereocenters. The molecule has 1 aromatic rings. The molecule has 0 aliphatic carbocycles. The van der Waals surface area contributed by atoms with Gasteiger partial charge < -0.3 is 4.74 Å². The summed E-state index contributed by atoms with van der Waals surface area (Å²) in [7, 11) is -5.33. The van der Waals surface area contributed by atoms with Crippen LogP contribution in [0.25, 0.3) is 0 Å². The molecule has 22 heavy (non-hydrogen) atoms. The molecule has 2 rings (SSSR count). The van der Waals surface area contributed by atoms with Crippen LogP contribution in [0.2, 0.25) is 0 Å². The molecule has 0 spiro atoms. The Morgan fingerprint density at radius 2 is 2.05 bits per heavy atom. The average molecular weight is 347 g/mol. The van der Waals surface area contributed by atoms with Crippen molar-refractivity contribution in [1.82, 2.24) is 4.31 Å². The van der Waals surface area contributed by atoms with Crippen LogP contribution in [0.1, 0.15) is 18.9 Å². The van der Waals surface area contributed by atoms with Crippen molar-refractivity contribution in [2.24, 2.45) is 0 Å². The number of aryl methyl sites for hydroxylation is 1. The van der Waals surface area contributed by atoms with E-state index in [1.54, 1.807) is 26.0 Å². The van der Waals surface area contributed by atoms with E-state index in [1.165, 1.54) is 17.5 Å². The highest BCUT2D eigenvalue weighted by atomic mass is 32.2. The van der Waals surface area contributed by atoms with Crippen molar-refractivity contribution in [3.63, 3.8) is 0 Å². The summed E-state index contributed by atoms with van der Waals surface area (Å²) in [5, 5.41) is 0. The summed E-state index contributed by atoms with van der Waals surface area (Å²) in [6, 6.07) is 4.18. The molecule has 1 aromatic carbocycles. The zero-order valence-electron chi connectivity index (χ0n) is 12.9. The van der Waals surface area contributed by atoms with Crippen LogP contribution in [-0.4, -0.2) is 52.3 Å². The normalized spacial score (nSPS) is 21.2. The lowest BCUT2D eigenvalue weighted by molar-refractivity contribution is 0.354. The van der Waals surface area contributed by atoms with E-state index < -0.39 is 25.9 Å². The van der Waals surface area contributed by atoms with E-state index in [0.29, 0.717) is 12.2 Å². The first kappa shape index (κ1) is 17.2. The molecular weight excluding hydrogens is 326 g/mol. The quantitative estimate of drug-likeness (QED) is 0.799. The van der Waals surface area contributed by atoms with Gasteiger partial charge in [0.15, 0.2) is 9.84 Å². The minimum atomic E-state index is -3.72. The van der Waals surface area contributed by atoms with Gasteiger partial charge in [-0.05, 0) is 37.1 Å². The van der Waals surface area contributed by atoms with Gasteiger partial charge >= 0.3 is 0 Å². The number of nitrogens with zero attached hydrogens (tertiary/aromatic N) is 1. The second-order valence-electron chi connectivity index (χ2n) is 5.40. The molecule has 8 heteroatoms. The van der Waals surface area contributed by atoms with Gasteiger partial charge in [0.1, 0.15) is 5.75 Å². The Morgan fingerprint density at radius 1 is 1.36 bits per heavy atom. The second kappa shape index (κ2) is 6.17. The number of rotatable bonds is 5. The summed E-state index contributed by atoms with van der Waals surface area (Å²) in [4.78, 5) is 0.164. The molecule has 1 aliphatic heterocycles. The summed E-state index contributed by atoms with van der Waals surface area (Å²) < 4.78 is 55.3. The van der Waals surface area contributed by atoms with E-state index >= 15 is 0 Å². The molecule has 0 aromatic heterocycles. The van der Waals surface area contributed by atoms with Crippen molar-refractivity contribution >= 4 is 19.9 Å². The van der Waals surface area contributed by atoms with Crippen molar-refractivity contribution in [1.29, 1.82) is 0 Å². The van der Waals surface area contributed by atoms with Crippen molar-refractivity contribution in [2.75, 3.05) is 25.2 Å². The summed E-state index contributed by atoms with van der Waals surface area (Å²) >= 11 is 0. The Morgan fingerprint density at radius 3 is 2.50 bits per heavy atom. The van der Waals surface area contributed by atoms with Gasteiger partial charge in [-0.3, -0.25) is 0 Å². The first-order chi connectivity index (χ1) is 10.2. The first-order valence-corrected chi connectivity index (χ1v) is 10.3. The first-order valence-electron chi connectivity index (χ1n) is 7.08. The lowest BCUT2D eigenvalue weighted by Crippen LogP contribution is -2.40. The standard InChI is InChI=1S/C14H21NO5S2/c1-4-15(12-7-8-21(16,17)10-12)22(18,19)13-5-6-14(20-3)11(2)9-13/h5-6,9,12H,4,7-8,10H2,1-3H3. The van der Waals surface area contributed by atoms with Gasteiger partial charge in [0.2, 0.25) is 10.0 Å². The van der Waals surface area contributed by atoms with E-state index in [4.69, 9.17) is 4.74 Å². The van der Waals surface area contributed by atoms with Crippen LogP contribution >= 0.6 is 0 Å². The SMILES string of the molecule is CCN(C1CCS(=O)(=O)C1)S(=O)(=O)c1ccc(OC)c(C)c1. The molecule has 0 N–H and O–H groups in total. The Hall–Kier alpha value is -1.12. The highest BCUT2D eigenvalue weighted by Gasteiger charge is 2.37. The number of benzene rings is 1. The van der Waals surface area contributed by atoms with Crippen LogP contribution < -0.4 is 4.74 Å². The van der Waals surface area contributed by atoms with Gasteiger partial charge in [-0.1, -0.05) is 6.92 Å². The highest BCUT2D eigenvalue weighted by molar-refractivity contribution is 7.92. The largest absolute Gasteiger partial charge is 0.496 e. The number of ether oxygens (including phenoxy) is 1. The number of methoxy groups -OCH3 is 1. The van der Waals surface area contributed by atoms with Gasteiger partial charge in [-0.15, -0.1) is 0 Å². The molecule has 0 saturated carbocycles. The minimum Gasteiger partial charge on any atom is -0.496 e. The Bertz CT molecular complexity index is 755. The molecule has 6 nitrogen and oxygen atoms in total. The van der Waals surface area contributed by atoms with Crippen LogP contribution in [0.4, 0.5) is 0 Å². The molecule has 1 aliphatic rings. The predicted molar refractivity (Wildman–Crippen MR) is 84.4 cm³/mol. The zero-order chi connectivity index (χ0) is 16.5. The number of hydrogen-bond acceptors (Lipinski definition) is 5. The molecule has 1 unspecified atom stereocenters. The summed E-state index contributed by atoms with van der Waals surface area (Å²) in [6.45, 7) is 3.74. The van der Waals surface area contributed by atoms with Gasteiger partial charge in [-0.25, -0.2) is 16.8 Å². The van der Waals surface area contributed by atoms with E-state index in [2.05, 4.69) is 0 Å².